The summed E-state index contributed by atoms with van der Waals surface area (Å²) in [6.07, 6.45) is 7.60. The minimum atomic E-state index is 0.527. The van der Waals surface area contributed by atoms with Gasteiger partial charge in [-0.1, -0.05) is 56.7 Å². The molecule has 0 aliphatic rings. The number of halogens is 1. The number of hydrogen-bond donors (Lipinski definition) is 0. The molecule has 1 aromatic rings. The van der Waals surface area contributed by atoms with Crippen LogP contribution in [0.5, 0.6) is 0 Å². The van der Waals surface area contributed by atoms with Gasteiger partial charge in [-0.3, -0.25) is 0 Å². The van der Waals surface area contributed by atoms with Crippen LogP contribution in [0.2, 0.25) is 5.02 Å². The highest BCUT2D eigenvalue weighted by Crippen LogP contribution is 2.18. The van der Waals surface area contributed by atoms with Crippen LogP contribution in [0.1, 0.15) is 56.6 Å². The Balaban J connectivity index is 2.14. The summed E-state index contributed by atoms with van der Waals surface area (Å²) in [5, 5.41) is 9.36. The lowest BCUT2D eigenvalue weighted by atomic mass is 10.1. The first-order valence-corrected chi connectivity index (χ1v) is 7.42. The Kier molecular flexibility index (Phi) is 8.29. The van der Waals surface area contributed by atoms with Gasteiger partial charge in [0.1, 0.15) is 0 Å². The van der Waals surface area contributed by atoms with Gasteiger partial charge in [-0.15, -0.1) is 0 Å². The molecule has 0 unspecified atom stereocenters. The molecule has 2 nitrogen and oxygen atoms in total. The third-order valence-corrected chi connectivity index (χ3v) is 3.43. The van der Waals surface area contributed by atoms with Crippen LogP contribution in [0.3, 0.4) is 0 Å². The maximum atomic E-state index is 8.75. The first kappa shape index (κ1) is 16.0. The van der Waals surface area contributed by atoms with Crippen LogP contribution in [0.4, 0.5) is 0 Å². The molecule has 0 aliphatic carbocycles. The molecule has 0 radical (unpaired) electrons. The zero-order valence-corrected chi connectivity index (χ0v) is 12.4. The van der Waals surface area contributed by atoms with E-state index in [0.29, 0.717) is 17.2 Å². The Morgan fingerprint density at radius 1 is 1.16 bits per heavy atom. The van der Waals surface area contributed by atoms with E-state index in [1.807, 2.05) is 6.07 Å². The van der Waals surface area contributed by atoms with Gasteiger partial charge in [0, 0.05) is 11.6 Å². The Labute approximate surface area is 121 Å². The minimum absolute atomic E-state index is 0.527. The van der Waals surface area contributed by atoms with Crippen molar-refractivity contribution in [1.29, 1.82) is 5.26 Å². The first-order valence-electron chi connectivity index (χ1n) is 7.04. The van der Waals surface area contributed by atoms with E-state index in [0.717, 1.165) is 18.6 Å². The van der Waals surface area contributed by atoms with Crippen molar-refractivity contribution in [3.05, 3.63) is 34.3 Å². The highest BCUT2D eigenvalue weighted by atomic mass is 35.5. The molecular weight excluding hydrogens is 258 g/mol. The second-order valence-corrected chi connectivity index (χ2v) is 5.15. The summed E-state index contributed by atoms with van der Waals surface area (Å²) >= 11 is 6.07. The molecule has 1 rings (SSSR count). The number of benzene rings is 1. The fraction of sp³-hybridized carbons (Fsp3) is 0.562. The summed E-state index contributed by atoms with van der Waals surface area (Å²) in [4.78, 5) is 0. The zero-order valence-electron chi connectivity index (χ0n) is 11.6. The van der Waals surface area contributed by atoms with Crippen molar-refractivity contribution >= 4 is 11.6 Å². The summed E-state index contributed by atoms with van der Waals surface area (Å²) in [5.41, 5.74) is 1.54. The van der Waals surface area contributed by atoms with Crippen LogP contribution < -0.4 is 0 Å². The van der Waals surface area contributed by atoms with Crippen LogP contribution >= 0.6 is 11.6 Å². The first-order chi connectivity index (χ1) is 9.27. The minimum Gasteiger partial charge on any atom is -0.377 e. The van der Waals surface area contributed by atoms with Gasteiger partial charge >= 0.3 is 0 Å². The lowest BCUT2D eigenvalue weighted by molar-refractivity contribution is 0.117. The molecule has 0 atom stereocenters. The van der Waals surface area contributed by atoms with E-state index in [9.17, 15) is 0 Å². The summed E-state index contributed by atoms with van der Waals surface area (Å²) in [6, 6.07) is 7.39. The number of unbranched alkanes of at least 4 members (excludes halogenated alkanes) is 5. The molecule has 1 aromatic carbocycles. The van der Waals surface area contributed by atoms with Gasteiger partial charge in [0.15, 0.2) is 0 Å². The second-order valence-electron chi connectivity index (χ2n) is 4.74. The fourth-order valence-corrected chi connectivity index (χ4v) is 2.14. The third kappa shape index (κ3) is 6.61. The summed E-state index contributed by atoms with van der Waals surface area (Å²) in [5.74, 6) is 0. The second kappa shape index (κ2) is 9.83. The predicted molar refractivity (Wildman–Crippen MR) is 79.2 cm³/mol. The number of rotatable bonds is 9. The molecule has 0 amide bonds. The molecule has 0 saturated heterocycles. The molecule has 0 bridgehead atoms. The van der Waals surface area contributed by atoms with Crippen molar-refractivity contribution < 1.29 is 4.74 Å². The highest BCUT2D eigenvalue weighted by molar-refractivity contribution is 6.31. The van der Waals surface area contributed by atoms with Gasteiger partial charge < -0.3 is 4.74 Å². The van der Waals surface area contributed by atoms with Crippen LogP contribution in [-0.4, -0.2) is 6.61 Å². The van der Waals surface area contributed by atoms with Crippen LogP contribution in [0.15, 0.2) is 18.2 Å². The zero-order chi connectivity index (χ0) is 13.9. The smallest absolute Gasteiger partial charge is 0.0992 e. The third-order valence-electron chi connectivity index (χ3n) is 3.08. The van der Waals surface area contributed by atoms with E-state index in [1.54, 1.807) is 12.1 Å². The van der Waals surface area contributed by atoms with Gasteiger partial charge in [0.05, 0.1) is 18.2 Å². The molecule has 0 fully saturated rings. The van der Waals surface area contributed by atoms with Gasteiger partial charge in [-0.2, -0.15) is 5.26 Å². The Morgan fingerprint density at radius 2 is 1.89 bits per heavy atom. The summed E-state index contributed by atoms with van der Waals surface area (Å²) in [6.45, 7) is 3.53. The van der Waals surface area contributed by atoms with Gasteiger partial charge in [-0.05, 0) is 24.1 Å². The molecule has 0 N–H and O–H groups in total. The fourth-order valence-electron chi connectivity index (χ4n) is 1.90. The Hall–Kier alpha value is -1.04. The van der Waals surface area contributed by atoms with E-state index < -0.39 is 0 Å². The molecule has 0 aromatic heterocycles. The largest absolute Gasteiger partial charge is 0.377 e. The van der Waals surface area contributed by atoms with E-state index >= 15 is 0 Å². The molecule has 3 heteroatoms. The number of nitriles is 1. The number of ether oxygens (including phenoxy) is 1. The molecule has 0 saturated carbocycles. The Morgan fingerprint density at radius 3 is 2.58 bits per heavy atom. The molecule has 0 heterocycles. The predicted octanol–water partition coefficient (Wildman–Crippen LogP) is 5.09. The van der Waals surface area contributed by atoms with E-state index in [1.165, 1.54) is 32.1 Å². The van der Waals surface area contributed by atoms with Crippen molar-refractivity contribution in [2.24, 2.45) is 0 Å². The summed E-state index contributed by atoms with van der Waals surface area (Å²) in [7, 11) is 0. The van der Waals surface area contributed by atoms with E-state index in [2.05, 4.69) is 13.0 Å². The standard InChI is InChI=1S/C16H22ClNO/c1-2-3-4-5-6-7-10-19-13-15-9-8-14(12-18)11-16(15)17/h8-9,11H,2-7,10,13H2,1H3. The van der Waals surface area contributed by atoms with E-state index in [-0.39, 0.29) is 0 Å². The molecular formula is C16H22ClNO. The van der Waals surface area contributed by atoms with E-state index in [4.69, 9.17) is 21.6 Å². The molecule has 104 valence electrons. The van der Waals surface area contributed by atoms with Crippen molar-refractivity contribution in [2.75, 3.05) is 6.61 Å². The van der Waals surface area contributed by atoms with Crippen molar-refractivity contribution in [2.45, 2.75) is 52.1 Å². The monoisotopic (exact) mass is 279 g/mol. The SMILES string of the molecule is CCCCCCCCOCc1ccc(C#N)cc1Cl. The van der Waals surface area contributed by atoms with Crippen LogP contribution in [0.25, 0.3) is 0 Å². The lowest BCUT2D eigenvalue weighted by Crippen LogP contribution is -1.96. The molecule has 0 aliphatic heterocycles. The van der Waals surface area contributed by atoms with Gasteiger partial charge in [0.25, 0.3) is 0 Å². The van der Waals surface area contributed by atoms with Crippen molar-refractivity contribution in [1.82, 2.24) is 0 Å². The molecule has 0 spiro atoms. The van der Waals surface area contributed by atoms with Crippen molar-refractivity contribution in [3.63, 3.8) is 0 Å². The molecule has 19 heavy (non-hydrogen) atoms. The van der Waals surface area contributed by atoms with Crippen LogP contribution in [0, 0.1) is 11.3 Å². The average molecular weight is 280 g/mol. The van der Waals surface area contributed by atoms with Crippen LogP contribution in [-0.2, 0) is 11.3 Å². The lowest BCUT2D eigenvalue weighted by Gasteiger charge is -2.06. The highest BCUT2D eigenvalue weighted by Gasteiger charge is 2.02. The van der Waals surface area contributed by atoms with Crippen molar-refractivity contribution in [3.8, 4) is 6.07 Å². The Bertz CT molecular complexity index is 412. The van der Waals surface area contributed by atoms with Gasteiger partial charge in [-0.25, -0.2) is 0 Å². The quantitative estimate of drug-likeness (QED) is 0.590. The summed E-state index contributed by atoms with van der Waals surface area (Å²) < 4.78 is 5.61. The topological polar surface area (TPSA) is 33.0 Å². The van der Waals surface area contributed by atoms with Gasteiger partial charge in [0.2, 0.25) is 0 Å². The normalized spacial score (nSPS) is 10.4. The maximum Gasteiger partial charge on any atom is 0.0992 e. The number of hydrogen-bond acceptors (Lipinski definition) is 2. The maximum absolute atomic E-state index is 8.75. The number of nitrogens with zero attached hydrogens (tertiary/aromatic N) is 1. The average Bonchev–Trinajstić information content (AvgIpc) is 2.43.